The first kappa shape index (κ1) is 12.6. The number of nitrogens with one attached hydrogen (secondary N) is 1. The maximum Gasteiger partial charge on any atom is 0.219 e. The molecule has 0 fully saturated rings. The van der Waals surface area contributed by atoms with Gasteiger partial charge in [-0.25, -0.2) is 4.98 Å². The zero-order chi connectivity index (χ0) is 13.8. The van der Waals surface area contributed by atoms with Crippen molar-refractivity contribution in [2.24, 2.45) is 0 Å². The molecule has 0 spiro atoms. The fraction of sp³-hybridized carbons (Fsp3) is 0.118. The number of rotatable bonds is 4. The Kier molecular flexibility index (Phi) is 3.61. The highest BCUT2D eigenvalue weighted by Gasteiger charge is 2.01. The van der Waals surface area contributed by atoms with Crippen molar-refractivity contribution < 1.29 is 4.74 Å². The van der Waals surface area contributed by atoms with Crippen LogP contribution >= 0.6 is 0 Å². The van der Waals surface area contributed by atoms with Crippen LogP contribution in [0.5, 0.6) is 11.6 Å². The van der Waals surface area contributed by atoms with Gasteiger partial charge in [-0.05, 0) is 36.0 Å². The summed E-state index contributed by atoms with van der Waals surface area (Å²) in [6, 6.07) is 20.1. The van der Waals surface area contributed by atoms with Crippen LogP contribution in [0, 0.1) is 0 Å². The third-order valence-corrected chi connectivity index (χ3v) is 3.08. The van der Waals surface area contributed by atoms with Gasteiger partial charge in [-0.1, -0.05) is 36.4 Å². The smallest absolute Gasteiger partial charge is 0.219 e. The Morgan fingerprint density at radius 2 is 1.80 bits per heavy atom. The van der Waals surface area contributed by atoms with Gasteiger partial charge in [-0.15, -0.1) is 0 Å². The predicted molar refractivity (Wildman–Crippen MR) is 81.0 cm³/mol. The highest BCUT2D eigenvalue weighted by atomic mass is 16.5. The molecular weight excluding hydrogens is 248 g/mol. The first-order valence-corrected chi connectivity index (χ1v) is 6.62. The van der Waals surface area contributed by atoms with Gasteiger partial charge in [0.15, 0.2) is 0 Å². The zero-order valence-electron chi connectivity index (χ0n) is 11.3. The summed E-state index contributed by atoms with van der Waals surface area (Å²) < 4.78 is 5.83. The molecule has 0 saturated carbocycles. The number of fused-ring (bicyclic) bond motifs is 1. The minimum atomic E-state index is 0.619. The molecule has 0 aliphatic rings. The topological polar surface area (TPSA) is 34.1 Å². The Morgan fingerprint density at radius 3 is 2.65 bits per heavy atom. The van der Waals surface area contributed by atoms with Gasteiger partial charge < -0.3 is 10.1 Å². The van der Waals surface area contributed by atoms with Crippen molar-refractivity contribution in [1.82, 2.24) is 10.3 Å². The quantitative estimate of drug-likeness (QED) is 0.779. The first-order valence-electron chi connectivity index (χ1n) is 6.62. The molecule has 0 radical (unpaired) electrons. The third-order valence-electron chi connectivity index (χ3n) is 3.08. The van der Waals surface area contributed by atoms with Crippen LogP contribution in [0.25, 0.3) is 10.8 Å². The summed E-state index contributed by atoms with van der Waals surface area (Å²) >= 11 is 0. The van der Waals surface area contributed by atoms with Crippen molar-refractivity contribution >= 4 is 10.8 Å². The number of hydrogen-bond acceptors (Lipinski definition) is 3. The molecule has 3 rings (SSSR count). The Bertz CT molecular complexity index is 725. The molecule has 0 amide bonds. The van der Waals surface area contributed by atoms with Crippen molar-refractivity contribution in [3.63, 3.8) is 0 Å². The standard InChI is InChI=1S/C17H16N2O/c1-18-12-15-7-4-8-17(19-15)20-16-10-9-13-5-2-3-6-14(13)11-16/h2-11,18H,12H2,1H3. The van der Waals surface area contributed by atoms with Gasteiger partial charge in [0.05, 0.1) is 5.69 Å². The molecule has 1 heterocycles. The van der Waals surface area contributed by atoms with Crippen LogP contribution in [0.3, 0.4) is 0 Å². The van der Waals surface area contributed by atoms with Crippen LogP contribution in [0.4, 0.5) is 0 Å². The minimum Gasteiger partial charge on any atom is -0.439 e. The molecule has 0 aliphatic heterocycles. The fourth-order valence-corrected chi connectivity index (χ4v) is 2.15. The fourth-order valence-electron chi connectivity index (χ4n) is 2.15. The second-order valence-electron chi connectivity index (χ2n) is 4.61. The lowest BCUT2D eigenvalue weighted by molar-refractivity contribution is 0.461. The summed E-state index contributed by atoms with van der Waals surface area (Å²) in [4.78, 5) is 4.45. The number of pyridine rings is 1. The number of hydrogen-bond donors (Lipinski definition) is 1. The minimum absolute atomic E-state index is 0.619. The number of aromatic nitrogens is 1. The van der Waals surface area contributed by atoms with Crippen LogP contribution < -0.4 is 10.1 Å². The van der Waals surface area contributed by atoms with Crippen molar-refractivity contribution in [2.75, 3.05) is 7.05 Å². The molecule has 0 unspecified atom stereocenters. The van der Waals surface area contributed by atoms with E-state index >= 15 is 0 Å². The average Bonchev–Trinajstić information content (AvgIpc) is 2.48. The Labute approximate surface area is 118 Å². The molecule has 0 saturated heterocycles. The molecule has 20 heavy (non-hydrogen) atoms. The highest BCUT2D eigenvalue weighted by Crippen LogP contribution is 2.24. The van der Waals surface area contributed by atoms with E-state index in [1.54, 1.807) is 0 Å². The zero-order valence-corrected chi connectivity index (χ0v) is 11.3. The monoisotopic (exact) mass is 264 g/mol. The van der Waals surface area contributed by atoms with Gasteiger partial charge in [-0.3, -0.25) is 0 Å². The molecule has 1 aromatic heterocycles. The summed E-state index contributed by atoms with van der Waals surface area (Å²) in [5, 5.41) is 5.45. The summed E-state index contributed by atoms with van der Waals surface area (Å²) in [5.74, 6) is 1.42. The molecule has 3 heteroatoms. The van der Waals surface area contributed by atoms with E-state index < -0.39 is 0 Å². The first-order chi connectivity index (χ1) is 9.85. The van der Waals surface area contributed by atoms with Crippen molar-refractivity contribution in [3.8, 4) is 11.6 Å². The molecule has 100 valence electrons. The summed E-state index contributed by atoms with van der Waals surface area (Å²) in [7, 11) is 1.90. The second kappa shape index (κ2) is 5.72. The van der Waals surface area contributed by atoms with Gasteiger partial charge in [0, 0.05) is 12.6 Å². The molecule has 2 aromatic carbocycles. The van der Waals surface area contributed by atoms with Crippen LogP contribution in [0.2, 0.25) is 0 Å². The van der Waals surface area contributed by atoms with Gasteiger partial charge in [-0.2, -0.15) is 0 Å². The third kappa shape index (κ3) is 2.78. The lowest BCUT2D eigenvalue weighted by atomic mass is 10.1. The van der Waals surface area contributed by atoms with Gasteiger partial charge >= 0.3 is 0 Å². The Hall–Kier alpha value is -2.39. The van der Waals surface area contributed by atoms with Crippen LogP contribution in [0.15, 0.2) is 60.7 Å². The van der Waals surface area contributed by atoms with Crippen molar-refractivity contribution in [2.45, 2.75) is 6.54 Å². The summed E-state index contributed by atoms with van der Waals surface area (Å²) in [6.45, 7) is 0.731. The van der Waals surface area contributed by atoms with E-state index in [1.807, 2.05) is 49.5 Å². The SMILES string of the molecule is CNCc1cccc(Oc2ccc3ccccc3c2)n1. The Balaban J connectivity index is 1.87. The molecule has 1 N–H and O–H groups in total. The number of ether oxygens (including phenoxy) is 1. The van der Waals surface area contributed by atoms with E-state index in [-0.39, 0.29) is 0 Å². The average molecular weight is 264 g/mol. The lowest BCUT2D eigenvalue weighted by Gasteiger charge is -2.07. The number of benzene rings is 2. The lowest BCUT2D eigenvalue weighted by Crippen LogP contribution is -2.06. The van der Waals surface area contributed by atoms with E-state index in [0.717, 1.165) is 23.4 Å². The van der Waals surface area contributed by atoms with Crippen LogP contribution in [-0.4, -0.2) is 12.0 Å². The maximum atomic E-state index is 5.83. The van der Waals surface area contributed by atoms with Crippen molar-refractivity contribution in [1.29, 1.82) is 0 Å². The van der Waals surface area contributed by atoms with Gasteiger partial charge in [0.25, 0.3) is 0 Å². The molecule has 0 atom stereocenters. The van der Waals surface area contributed by atoms with E-state index in [0.29, 0.717) is 5.88 Å². The number of nitrogens with zero attached hydrogens (tertiary/aromatic N) is 1. The Morgan fingerprint density at radius 1 is 0.950 bits per heavy atom. The normalized spacial score (nSPS) is 10.7. The van der Waals surface area contributed by atoms with Crippen LogP contribution in [0.1, 0.15) is 5.69 Å². The van der Waals surface area contributed by atoms with E-state index in [2.05, 4.69) is 28.5 Å². The molecule has 0 bridgehead atoms. The molecule has 3 nitrogen and oxygen atoms in total. The predicted octanol–water partition coefficient (Wildman–Crippen LogP) is 3.75. The highest BCUT2D eigenvalue weighted by molar-refractivity contribution is 5.83. The van der Waals surface area contributed by atoms with Gasteiger partial charge in [0.1, 0.15) is 5.75 Å². The van der Waals surface area contributed by atoms with Crippen molar-refractivity contribution in [3.05, 3.63) is 66.4 Å². The summed E-state index contributed by atoms with van der Waals surface area (Å²) in [5.41, 5.74) is 0.964. The molecular formula is C17H16N2O. The summed E-state index contributed by atoms with van der Waals surface area (Å²) in [6.07, 6.45) is 0. The van der Waals surface area contributed by atoms with Crippen LogP contribution in [-0.2, 0) is 6.54 Å². The largest absolute Gasteiger partial charge is 0.439 e. The molecule has 0 aliphatic carbocycles. The second-order valence-corrected chi connectivity index (χ2v) is 4.61. The van der Waals surface area contributed by atoms with Gasteiger partial charge in [0.2, 0.25) is 5.88 Å². The maximum absolute atomic E-state index is 5.83. The van der Waals surface area contributed by atoms with E-state index in [4.69, 9.17) is 4.74 Å². The van der Waals surface area contributed by atoms with E-state index in [1.165, 1.54) is 5.39 Å². The molecule has 3 aromatic rings. The van der Waals surface area contributed by atoms with E-state index in [9.17, 15) is 0 Å².